The summed E-state index contributed by atoms with van der Waals surface area (Å²) in [4.78, 5) is 12.6. The second kappa shape index (κ2) is 5.36. The maximum atomic E-state index is 12.6. The van der Waals surface area contributed by atoms with Crippen molar-refractivity contribution in [2.24, 2.45) is 0 Å². The molecule has 0 N–H and O–H groups in total. The van der Waals surface area contributed by atoms with Gasteiger partial charge in [-0.1, -0.05) is 48.5 Å². The summed E-state index contributed by atoms with van der Waals surface area (Å²) >= 11 is 0. The lowest BCUT2D eigenvalue weighted by molar-refractivity contribution is -0.593. The smallest absolute Gasteiger partial charge is 0.227 e. The van der Waals surface area contributed by atoms with Crippen LogP contribution in [0.1, 0.15) is 33.8 Å². The third-order valence-electron chi connectivity index (χ3n) is 4.44. The molecule has 0 radical (unpaired) electrons. The zero-order valence-electron chi connectivity index (χ0n) is 12.5. The van der Waals surface area contributed by atoms with Crippen LogP contribution >= 0.6 is 0 Å². The molecule has 0 bridgehead atoms. The van der Waals surface area contributed by atoms with Gasteiger partial charge in [0.15, 0.2) is 12.0 Å². The molecule has 3 heteroatoms. The van der Waals surface area contributed by atoms with E-state index in [1.807, 2.05) is 60.7 Å². The number of hydrogen-bond acceptors (Lipinski definition) is 2. The highest BCUT2D eigenvalue weighted by Gasteiger charge is 2.35. The average molecular weight is 301 g/mol. The first-order valence-electron chi connectivity index (χ1n) is 7.65. The largest absolute Gasteiger partial charge is 0.618 e. The van der Waals surface area contributed by atoms with Crippen molar-refractivity contribution in [3.05, 3.63) is 94.8 Å². The van der Waals surface area contributed by atoms with Crippen molar-refractivity contribution in [3.63, 3.8) is 0 Å². The zero-order valence-corrected chi connectivity index (χ0v) is 12.5. The van der Waals surface area contributed by atoms with Crippen LogP contribution in [0.25, 0.3) is 11.3 Å². The van der Waals surface area contributed by atoms with Crippen molar-refractivity contribution in [2.75, 3.05) is 0 Å². The fraction of sp³-hybridized carbons (Fsp3) is 0.100. The molecule has 0 aliphatic heterocycles. The molecule has 0 fully saturated rings. The highest BCUT2D eigenvalue weighted by molar-refractivity contribution is 5.97. The van der Waals surface area contributed by atoms with Crippen LogP contribution in [0, 0.1) is 5.21 Å². The number of carbonyl (C=O) groups is 1. The van der Waals surface area contributed by atoms with Gasteiger partial charge in [-0.05, 0) is 17.7 Å². The summed E-state index contributed by atoms with van der Waals surface area (Å²) in [6.45, 7) is 0. The number of Topliss-reactive ketones (excluding diaryl/α,β-unsaturated/α-hetero) is 1. The van der Waals surface area contributed by atoms with Gasteiger partial charge in [0, 0.05) is 29.5 Å². The van der Waals surface area contributed by atoms with E-state index in [1.54, 1.807) is 6.07 Å². The van der Waals surface area contributed by atoms with Crippen molar-refractivity contribution in [2.45, 2.75) is 12.3 Å². The van der Waals surface area contributed by atoms with Gasteiger partial charge < -0.3 is 5.21 Å². The molecular formula is C20H15NO2. The van der Waals surface area contributed by atoms with E-state index in [0.29, 0.717) is 17.7 Å². The van der Waals surface area contributed by atoms with Gasteiger partial charge in [0.05, 0.1) is 5.56 Å². The highest BCUT2D eigenvalue weighted by atomic mass is 16.5. The Balaban J connectivity index is 1.78. The van der Waals surface area contributed by atoms with Crippen LogP contribution in [0.4, 0.5) is 0 Å². The summed E-state index contributed by atoms with van der Waals surface area (Å²) < 4.78 is 0.904. The van der Waals surface area contributed by atoms with E-state index in [-0.39, 0.29) is 11.7 Å². The van der Waals surface area contributed by atoms with Gasteiger partial charge >= 0.3 is 0 Å². The van der Waals surface area contributed by atoms with Crippen LogP contribution in [-0.4, -0.2) is 5.78 Å². The van der Waals surface area contributed by atoms with E-state index >= 15 is 0 Å². The normalized spacial score (nSPS) is 15.0. The van der Waals surface area contributed by atoms with Crippen molar-refractivity contribution < 1.29 is 9.52 Å². The van der Waals surface area contributed by atoms with Crippen molar-refractivity contribution >= 4 is 5.78 Å². The molecule has 0 amide bonds. The van der Waals surface area contributed by atoms with Crippen LogP contribution in [0.15, 0.2) is 72.9 Å². The molecule has 0 saturated heterocycles. The summed E-state index contributed by atoms with van der Waals surface area (Å²) in [6.07, 6.45) is 1.88. The molecule has 1 aromatic heterocycles. The van der Waals surface area contributed by atoms with E-state index in [2.05, 4.69) is 0 Å². The Bertz CT molecular complexity index is 887. The van der Waals surface area contributed by atoms with E-state index in [0.717, 1.165) is 21.4 Å². The molecule has 0 saturated carbocycles. The van der Waals surface area contributed by atoms with Crippen LogP contribution < -0.4 is 4.73 Å². The maximum Gasteiger partial charge on any atom is 0.227 e. The number of carbonyl (C=O) groups excluding carboxylic acids is 1. The molecule has 1 aliphatic rings. The predicted molar refractivity (Wildman–Crippen MR) is 88.1 cm³/mol. The third kappa shape index (κ3) is 2.21. The second-order valence-corrected chi connectivity index (χ2v) is 5.77. The Morgan fingerprint density at radius 1 is 0.913 bits per heavy atom. The lowest BCUT2D eigenvalue weighted by Gasteiger charge is -2.11. The van der Waals surface area contributed by atoms with Crippen molar-refractivity contribution in [3.8, 4) is 11.3 Å². The van der Waals surface area contributed by atoms with Crippen LogP contribution in [-0.2, 0) is 0 Å². The number of rotatable bonds is 3. The number of ketones is 1. The molecular weight excluding hydrogens is 286 g/mol. The topological polar surface area (TPSA) is 44.0 Å². The molecule has 1 atom stereocenters. The van der Waals surface area contributed by atoms with Gasteiger partial charge in [-0.2, -0.15) is 4.73 Å². The lowest BCUT2D eigenvalue weighted by Crippen LogP contribution is -2.28. The number of hydrogen-bond donors (Lipinski definition) is 0. The monoisotopic (exact) mass is 301 g/mol. The van der Waals surface area contributed by atoms with Crippen LogP contribution in [0.2, 0.25) is 0 Å². The summed E-state index contributed by atoms with van der Waals surface area (Å²) in [5, 5.41) is 12.2. The lowest BCUT2D eigenvalue weighted by atomic mass is 9.90. The molecule has 1 unspecified atom stereocenters. The summed E-state index contributed by atoms with van der Waals surface area (Å²) in [7, 11) is 0. The van der Waals surface area contributed by atoms with E-state index in [9.17, 15) is 10.0 Å². The van der Waals surface area contributed by atoms with Gasteiger partial charge in [-0.3, -0.25) is 4.79 Å². The number of fused-ring (bicyclic) bond motifs is 3. The van der Waals surface area contributed by atoms with Crippen LogP contribution in [0.3, 0.4) is 0 Å². The molecule has 112 valence electrons. The number of nitrogens with zero attached hydrogens (tertiary/aromatic N) is 1. The van der Waals surface area contributed by atoms with Crippen LogP contribution in [0.5, 0.6) is 0 Å². The minimum Gasteiger partial charge on any atom is -0.618 e. The fourth-order valence-corrected chi connectivity index (χ4v) is 3.39. The van der Waals surface area contributed by atoms with Crippen molar-refractivity contribution in [1.29, 1.82) is 0 Å². The van der Waals surface area contributed by atoms with E-state index in [4.69, 9.17) is 0 Å². The third-order valence-corrected chi connectivity index (χ3v) is 4.44. The Hall–Kier alpha value is -2.94. The minimum atomic E-state index is -0.0599. The molecule has 3 aromatic rings. The van der Waals surface area contributed by atoms with E-state index in [1.165, 1.54) is 6.20 Å². The van der Waals surface area contributed by atoms with E-state index < -0.39 is 0 Å². The Morgan fingerprint density at radius 2 is 1.61 bits per heavy atom. The average Bonchev–Trinajstić information content (AvgIpc) is 2.91. The van der Waals surface area contributed by atoms with Gasteiger partial charge in [-0.15, -0.1) is 0 Å². The molecule has 3 nitrogen and oxygen atoms in total. The predicted octanol–water partition coefficient (Wildman–Crippen LogP) is 3.71. The number of pyridine rings is 1. The molecule has 4 rings (SSSR count). The fourth-order valence-electron chi connectivity index (χ4n) is 3.39. The minimum absolute atomic E-state index is 0.0599. The molecule has 0 spiro atoms. The van der Waals surface area contributed by atoms with Gasteiger partial charge in [0.2, 0.25) is 5.69 Å². The first-order chi connectivity index (χ1) is 11.3. The Labute approximate surface area is 134 Å². The van der Waals surface area contributed by atoms with Gasteiger partial charge in [-0.25, -0.2) is 0 Å². The Kier molecular flexibility index (Phi) is 3.19. The highest BCUT2D eigenvalue weighted by Crippen LogP contribution is 2.44. The summed E-state index contributed by atoms with van der Waals surface area (Å²) in [5.41, 5.74) is 4.32. The zero-order chi connectivity index (χ0) is 15.8. The number of benzene rings is 2. The second-order valence-electron chi connectivity index (χ2n) is 5.77. The SMILES string of the molecule is O=C(CC1c2ccccc2-c2c1ccc[n+]2[O-])c1ccccc1. The van der Waals surface area contributed by atoms with Crippen molar-refractivity contribution in [1.82, 2.24) is 0 Å². The quantitative estimate of drug-likeness (QED) is 0.420. The first kappa shape index (κ1) is 13.7. The maximum absolute atomic E-state index is 12.6. The number of aromatic nitrogens is 1. The molecule has 1 heterocycles. The molecule has 23 heavy (non-hydrogen) atoms. The first-order valence-corrected chi connectivity index (χ1v) is 7.65. The van der Waals surface area contributed by atoms with Gasteiger partial charge in [0.25, 0.3) is 0 Å². The molecule has 1 aliphatic carbocycles. The summed E-state index contributed by atoms with van der Waals surface area (Å²) in [6, 6.07) is 20.9. The van der Waals surface area contributed by atoms with Gasteiger partial charge in [0.1, 0.15) is 0 Å². The Morgan fingerprint density at radius 3 is 2.43 bits per heavy atom. The summed E-state index contributed by atoms with van der Waals surface area (Å²) in [5.74, 6) is 0.0369. The standard InChI is InChI=1S/C20H15NO2/c22-19(14-7-2-1-3-8-14)13-18-15-9-4-5-10-16(15)20-17(18)11-6-12-21(20)23/h1-12,18H,13H2. The molecule has 2 aromatic carbocycles.